The van der Waals surface area contributed by atoms with E-state index in [-0.39, 0.29) is 12.0 Å². The molecule has 0 radical (unpaired) electrons. The van der Waals surface area contributed by atoms with E-state index in [1.807, 2.05) is 0 Å². The fraction of sp³-hybridized carbons (Fsp3) is 0.611. The van der Waals surface area contributed by atoms with Crippen molar-refractivity contribution >= 4 is 17.5 Å². The molecule has 0 saturated carbocycles. The monoisotopic (exact) mass is 354 g/mol. The number of benzene rings is 1. The molecule has 134 valence electrons. The minimum Gasteiger partial charge on any atom is -0.493 e. The van der Waals surface area contributed by atoms with Crippen LogP contribution < -0.4 is 10.1 Å². The average Bonchev–Trinajstić information content (AvgIpc) is 2.54. The van der Waals surface area contributed by atoms with Crippen molar-refractivity contribution in [3.05, 3.63) is 29.3 Å². The van der Waals surface area contributed by atoms with Gasteiger partial charge in [0.2, 0.25) is 5.91 Å². The van der Waals surface area contributed by atoms with Gasteiger partial charge in [-0.3, -0.25) is 9.69 Å². The number of amides is 1. The highest BCUT2D eigenvalue weighted by Crippen LogP contribution is 2.15. The van der Waals surface area contributed by atoms with Crippen LogP contribution in [0.2, 0.25) is 5.02 Å². The molecule has 1 N–H and O–H groups in total. The maximum Gasteiger partial charge on any atom is 0.223 e. The molecule has 1 aromatic carbocycles. The molecule has 6 heteroatoms. The number of hydrogen-bond acceptors (Lipinski definition) is 4. The van der Waals surface area contributed by atoms with Crippen LogP contribution in [0.3, 0.4) is 0 Å². The number of ether oxygens (including phenoxy) is 2. The van der Waals surface area contributed by atoms with Gasteiger partial charge in [0.1, 0.15) is 5.75 Å². The first-order chi connectivity index (χ1) is 11.5. The van der Waals surface area contributed by atoms with Crippen molar-refractivity contribution in [2.75, 3.05) is 39.4 Å². The largest absolute Gasteiger partial charge is 0.493 e. The maximum absolute atomic E-state index is 11.9. The van der Waals surface area contributed by atoms with Crippen molar-refractivity contribution in [1.82, 2.24) is 10.2 Å². The first-order valence-corrected chi connectivity index (χ1v) is 8.89. The Kier molecular flexibility index (Phi) is 7.82. The van der Waals surface area contributed by atoms with Gasteiger partial charge in [0.05, 0.1) is 25.7 Å². The zero-order valence-electron chi connectivity index (χ0n) is 14.5. The average molecular weight is 355 g/mol. The summed E-state index contributed by atoms with van der Waals surface area (Å²) in [5, 5.41) is 3.60. The van der Waals surface area contributed by atoms with Crippen LogP contribution in [0, 0.1) is 5.92 Å². The van der Waals surface area contributed by atoms with Crippen molar-refractivity contribution < 1.29 is 14.3 Å². The molecule has 1 aromatic rings. The van der Waals surface area contributed by atoms with E-state index in [1.54, 1.807) is 24.3 Å². The van der Waals surface area contributed by atoms with E-state index in [2.05, 4.69) is 24.1 Å². The Morgan fingerprint density at radius 3 is 2.88 bits per heavy atom. The van der Waals surface area contributed by atoms with Crippen molar-refractivity contribution in [3.8, 4) is 5.75 Å². The Labute approximate surface area is 149 Å². The molecule has 0 aliphatic carbocycles. The number of carbonyl (C=O) groups is 1. The molecule has 0 aromatic heterocycles. The summed E-state index contributed by atoms with van der Waals surface area (Å²) in [7, 11) is 0. The topological polar surface area (TPSA) is 50.8 Å². The molecule has 1 atom stereocenters. The molecule has 1 saturated heterocycles. The van der Waals surface area contributed by atoms with Gasteiger partial charge in [-0.2, -0.15) is 0 Å². The van der Waals surface area contributed by atoms with E-state index in [4.69, 9.17) is 21.1 Å². The quantitative estimate of drug-likeness (QED) is 0.779. The molecule has 1 aliphatic heterocycles. The van der Waals surface area contributed by atoms with E-state index in [1.165, 1.54) is 0 Å². The molecule has 1 heterocycles. The summed E-state index contributed by atoms with van der Waals surface area (Å²) in [5.41, 5.74) is 0. The molecule has 24 heavy (non-hydrogen) atoms. The lowest BCUT2D eigenvalue weighted by molar-refractivity contribution is -0.122. The molecule has 5 nitrogen and oxygen atoms in total. The number of halogens is 1. The highest BCUT2D eigenvalue weighted by molar-refractivity contribution is 6.30. The van der Waals surface area contributed by atoms with E-state index < -0.39 is 0 Å². The van der Waals surface area contributed by atoms with Gasteiger partial charge in [0, 0.05) is 31.2 Å². The van der Waals surface area contributed by atoms with Crippen molar-refractivity contribution in [2.24, 2.45) is 5.92 Å². The Morgan fingerprint density at radius 1 is 1.42 bits per heavy atom. The number of nitrogens with one attached hydrogen (secondary N) is 1. The minimum atomic E-state index is -0.0199. The highest BCUT2D eigenvalue weighted by Gasteiger charge is 2.21. The van der Waals surface area contributed by atoms with Crippen LogP contribution in [0.15, 0.2) is 24.3 Å². The molecule has 2 rings (SSSR count). The smallest absolute Gasteiger partial charge is 0.223 e. The summed E-state index contributed by atoms with van der Waals surface area (Å²) in [6, 6.07) is 7.11. The third kappa shape index (κ3) is 7.07. The number of carbonyl (C=O) groups excluding carboxylic acids is 1. The summed E-state index contributed by atoms with van der Waals surface area (Å²) in [4.78, 5) is 14.3. The lowest BCUT2D eigenvalue weighted by Gasteiger charge is -2.33. The van der Waals surface area contributed by atoms with Crippen molar-refractivity contribution in [2.45, 2.75) is 26.4 Å². The van der Waals surface area contributed by atoms with Crippen LogP contribution >= 0.6 is 11.6 Å². The third-order valence-corrected chi connectivity index (χ3v) is 4.04. The number of rotatable bonds is 8. The number of hydrogen-bond donors (Lipinski definition) is 1. The first kappa shape index (κ1) is 19.0. The maximum atomic E-state index is 11.9. The molecule has 1 amide bonds. The predicted octanol–water partition coefficient (Wildman–Crippen LogP) is 2.58. The lowest BCUT2D eigenvalue weighted by Crippen LogP contribution is -2.48. The van der Waals surface area contributed by atoms with Crippen LogP contribution in [-0.4, -0.2) is 56.3 Å². The van der Waals surface area contributed by atoms with Crippen LogP contribution in [-0.2, 0) is 9.53 Å². The Bertz CT molecular complexity index is 507. The van der Waals surface area contributed by atoms with E-state index in [0.717, 1.165) is 26.2 Å². The van der Waals surface area contributed by atoms with E-state index in [0.29, 0.717) is 36.3 Å². The predicted molar refractivity (Wildman–Crippen MR) is 95.6 cm³/mol. The fourth-order valence-corrected chi connectivity index (χ4v) is 2.82. The Balaban J connectivity index is 1.61. The van der Waals surface area contributed by atoms with Crippen LogP contribution in [0.5, 0.6) is 5.75 Å². The van der Waals surface area contributed by atoms with Gasteiger partial charge in [0.15, 0.2) is 0 Å². The molecule has 1 fully saturated rings. The second kappa shape index (κ2) is 9.87. The number of nitrogens with zero attached hydrogens (tertiary/aromatic N) is 1. The molecule has 1 unspecified atom stereocenters. The SMILES string of the molecule is CC(C)CN1CCOC(CNC(=O)CCOc2ccc(Cl)cc2)C1. The van der Waals surface area contributed by atoms with Gasteiger partial charge in [-0.05, 0) is 30.2 Å². The van der Waals surface area contributed by atoms with Crippen LogP contribution in [0.4, 0.5) is 0 Å². The third-order valence-electron chi connectivity index (χ3n) is 3.78. The summed E-state index contributed by atoms with van der Waals surface area (Å²) in [6.45, 7) is 8.97. The van der Waals surface area contributed by atoms with Gasteiger partial charge in [0.25, 0.3) is 0 Å². The molecule has 0 bridgehead atoms. The van der Waals surface area contributed by atoms with Gasteiger partial charge < -0.3 is 14.8 Å². The second-order valence-corrected chi connectivity index (χ2v) is 6.94. The summed E-state index contributed by atoms with van der Waals surface area (Å²) in [5.74, 6) is 1.34. The zero-order chi connectivity index (χ0) is 17.4. The second-order valence-electron chi connectivity index (χ2n) is 6.50. The van der Waals surface area contributed by atoms with Gasteiger partial charge >= 0.3 is 0 Å². The molecule has 0 spiro atoms. The standard InChI is InChI=1S/C18H27ClN2O3/c1-14(2)12-21-8-10-24-17(13-21)11-20-18(22)7-9-23-16-5-3-15(19)4-6-16/h3-6,14,17H,7-13H2,1-2H3,(H,20,22). The van der Waals surface area contributed by atoms with E-state index >= 15 is 0 Å². The van der Waals surface area contributed by atoms with Gasteiger partial charge in [-0.25, -0.2) is 0 Å². The summed E-state index contributed by atoms with van der Waals surface area (Å²) >= 11 is 5.81. The molecule has 1 aliphatic rings. The highest BCUT2D eigenvalue weighted by atomic mass is 35.5. The Hall–Kier alpha value is -1.30. The minimum absolute atomic E-state index is 0.0199. The van der Waals surface area contributed by atoms with Gasteiger partial charge in [-0.15, -0.1) is 0 Å². The van der Waals surface area contributed by atoms with E-state index in [9.17, 15) is 4.79 Å². The first-order valence-electron chi connectivity index (χ1n) is 8.52. The number of morpholine rings is 1. The van der Waals surface area contributed by atoms with Crippen molar-refractivity contribution in [1.29, 1.82) is 0 Å². The molecular weight excluding hydrogens is 328 g/mol. The van der Waals surface area contributed by atoms with Crippen LogP contribution in [0.25, 0.3) is 0 Å². The Morgan fingerprint density at radius 2 is 2.17 bits per heavy atom. The normalized spacial score (nSPS) is 18.6. The van der Waals surface area contributed by atoms with Crippen LogP contribution in [0.1, 0.15) is 20.3 Å². The molecular formula is C18H27ClN2O3. The zero-order valence-corrected chi connectivity index (χ0v) is 15.2. The fourth-order valence-electron chi connectivity index (χ4n) is 2.69. The summed E-state index contributed by atoms with van der Waals surface area (Å²) < 4.78 is 11.3. The summed E-state index contributed by atoms with van der Waals surface area (Å²) in [6.07, 6.45) is 0.393. The van der Waals surface area contributed by atoms with Crippen molar-refractivity contribution in [3.63, 3.8) is 0 Å². The van der Waals surface area contributed by atoms with Gasteiger partial charge in [-0.1, -0.05) is 25.4 Å². The lowest BCUT2D eigenvalue weighted by atomic mass is 10.2.